The van der Waals surface area contributed by atoms with Crippen molar-refractivity contribution in [1.29, 1.82) is 0 Å². The van der Waals surface area contributed by atoms with E-state index in [-0.39, 0.29) is 0 Å². The average molecular weight is 410 g/mol. The second-order valence-electron chi connectivity index (χ2n) is 8.11. The summed E-state index contributed by atoms with van der Waals surface area (Å²) in [7, 11) is 0. The molecule has 5 heteroatoms. The van der Waals surface area contributed by atoms with Crippen LogP contribution < -0.4 is 15.9 Å². The number of H-pyrrole nitrogens is 2. The molecular weight excluding hydrogens is 382 g/mol. The summed E-state index contributed by atoms with van der Waals surface area (Å²) in [5, 5.41) is 14.2. The highest BCUT2D eigenvalue weighted by atomic mass is 15.1. The molecule has 0 bridgehead atoms. The van der Waals surface area contributed by atoms with Crippen molar-refractivity contribution in [2.45, 2.75) is 19.8 Å². The predicted molar refractivity (Wildman–Crippen MR) is 128 cm³/mol. The zero-order valence-corrected chi connectivity index (χ0v) is 17.8. The highest BCUT2D eigenvalue weighted by Gasteiger charge is 2.17. The summed E-state index contributed by atoms with van der Waals surface area (Å²) in [5.74, 6) is 0.577. The topological polar surface area (TPSA) is 69.4 Å². The second kappa shape index (κ2) is 8.36. The van der Waals surface area contributed by atoms with Crippen molar-refractivity contribution < 1.29 is 0 Å². The van der Waals surface area contributed by atoms with Gasteiger partial charge in [0.1, 0.15) is 5.69 Å². The maximum Gasteiger partial charge on any atom is 0.116 e. The molecule has 1 aromatic carbocycles. The molecule has 0 atom stereocenters. The van der Waals surface area contributed by atoms with E-state index in [9.17, 15) is 0 Å². The molecule has 3 aromatic heterocycles. The molecule has 0 spiro atoms. The molecule has 0 amide bonds. The maximum atomic E-state index is 4.61. The number of hydrogen-bond acceptors (Lipinski definition) is 3. The molecule has 0 saturated carbocycles. The minimum Gasteiger partial charge on any atom is -0.353 e. The SMILES string of the molecule is C=c1[nH]nc(-c2cc3c(-c4cccnc4)cccc3[nH]2)/c1=C/C(=C\C)C1CCNCC1. The van der Waals surface area contributed by atoms with Crippen molar-refractivity contribution in [3.05, 3.63) is 71.0 Å². The van der Waals surface area contributed by atoms with Gasteiger partial charge < -0.3 is 10.3 Å². The van der Waals surface area contributed by atoms with E-state index in [1.165, 1.54) is 5.57 Å². The zero-order valence-electron chi connectivity index (χ0n) is 17.8. The van der Waals surface area contributed by atoms with Crippen LogP contribution in [0.15, 0.2) is 60.4 Å². The monoisotopic (exact) mass is 409 g/mol. The van der Waals surface area contributed by atoms with Crippen LogP contribution in [0.2, 0.25) is 0 Å². The molecular formula is C26H27N5. The highest BCUT2D eigenvalue weighted by Crippen LogP contribution is 2.31. The van der Waals surface area contributed by atoms with Crippen LogP contribution in [0.25, 0.3) is 46.1 Å². The molecule has 5 nitrogen and oxygen atoms in total. The standard InChI is InChI=1S/C26H27N5/c1-3-18(19-9-12-27-13-10-19)14-22-17(2)30-31-26(22)25-15-23-21(7-4-8-24(23)29-25)20-6-5-11-28-16-20/h3-8,11,14-16,19,27,29-30H,2,9-10,12-13H2,1H3/b18-3+,22-14+. The number of hydrogen-bond donors (Lipinski definition) is 3. The van der Waals surface area contributed by atoms with E-state index < -0.39 is 0 Å². The fourth-order valence-electron chi connectivity index (χ4n) is 4.56. The van der Waals surface area contributed by atoms with Gasteiger partial charge in [0, 0.05) is 34.1 Å². The largest absolute Gasteiger partial charge is 0.353 e. The Hall–Kier alpha value is -3.44. The van der Waals surface area contributed by atoms with Crippen molar-refractivity contribution in [3.63, 3.8) is 0 Å². The van der Waals surface area contributed by atoms with Crippen molar-refractivity contribution >= 4 is 23.6 Å². The van der Waals surface area contributed by atoms with Crippen LogP contribution in [-0.2, 0) is 0 Å². The van der Waals surface area contributed by atoms with E-state index in [4.69, 9.17) is 0 Å². The van der Waals surface area contributed by atoms with Crippen LogP contribution in [0.1, 0.15) is 19.8 Å². The second-order valence-corrected chi connectivity index (χ2v) is 8.11. The van der Waals surface area contributed by atoms with Gasteiger partial charge in [0.2, 0.25) is 0 Å². The summed E-state index contributed by atoms with van der Waals surface area (Å²) in [6, 6.07) is 12.6. The van der Waals surface area contributed by atoms with Gasteiger partial charge in [0.05, 0.1) is 11.0 Å². The summed E-state index contributed by atoms with van der Waals surface area (Å²) in [6.45, 7) is 8.48. The van der Waals surface area contributed by atoms with Gasteiger partial charge in [-0.05, 0) is 74.2 Å². The number of nitrogens with zero attached hydrogens (tertiary/aromatic N) is 2. The van der Waals surface area contributed by atoms with Crippen molar-refractivity contribution in [3.8, 4) is 22.5 Å². The molecule has 1 aliphatic rings. The van der Waals surface area contributed by atoms with Crippen LogP contribution in [-0.4, -0.2) is 33.3 Å². The predicted octanol–water partition coefficient (Wildman–Crippen LogP) is 3.76. The normalized spacial score (nSPS) is 16.3. The molecule has 31 heavy (non-hydrogen) atoms. The lowest BCUT2D eigenvalue weighted by atomic mass is 9.89. The van der Waals surface area contributed by atoms with Gasteiger partial charge in [-0.25, -0.2) is 0 Å². The van der Waals surface area contributed by atoms with E-state index >= 15 is 0 Å². The van der Waals surface area contributed by atoms with E-state index in [2.05, 4.69) is 81.5 Å². The lowest BCUT2D eigenvalue weighted by Crippen LogP contribution is -2.29. The number of fused-ring (bicyclic) bond motifs is 1. The lowest BCUT2D eigenvalue weighted by Gasteiger charge is -2.23. The summed E-state index contributed by atoms with van der Waals surface area (Å²) in [5.41, 5.74) is 6.61. The Morgan fingerprint density at radius 3 is 2.81 bits per heavy atom. The van der Waals surface area contributed by atoms with Gasteiger partial charge in [0.25, 0.3) is 0 Å². The van der Waals surface area contributed by atoms with Crippen LogP contribution in [0, 0.1) is 5.92 Å². The molecule has 1 saturated heterocycles. The Bertz CT molecular complexity index is 1340. The number of piperidine rings is 1. The molecule has 4 aromatic rings. The first-order chi connectivity index (χ1) is 15.2. The molecule has 5 rings (SSSR count). The highest BCUT2D eigenvalue weighted by molar-refractivity contribution is 5.97. The average Bonchev–Trinajstić information content (AvgIpc) is 3.41. The Balaban J connectivity index is 1.62. The summed E-state index contributed by atoms with van der Waals surface area (Å²) < 4.78 is 0. The maximum absolute atomic E-state index is 4.61. The molecule has 4 heterocycles. The van der Waals surface area contributed by atoms with E-state index in [1.807, 2.05) is 12.3 Å². The molecule has 3 N–H and O–H groups in total. The number of allylic oxidation sites excluding steroid dienone is 2. The lowest BCUT2D eigenvalue weighted by molar-refractivity contribution is 0.427. The summed E-state index contributed by atoms with van der Waals surface area (Å²) in [6.07, 6.45) is 10.5. The van der Waals surface area contributed by atoms with E-state index in [0.29, 0.717) is 5.92 Å². The third-order valence-corrected chi connectivity index (χ3v) is 6.23. The van der Waals surface area contributed by atoms with Crippen LogP contribution in [0.4, 0.5) is 0 Å². The molecule has 156 valence electrons. The van der Waals surface area contributed by atoms with Crippen LogP contribution >= 0.6 is 0 Å². The summed E-state index contributed by atoms with van der Waals surface area (Å²) >= 11 is 0. The Kier molecular flexibility index (Phi) is 5.26. The van der Waals surface area contributed by atoms with Gasteiger partial charge in [-0.3, -0.25) is 10.1 Å². The molecule has 1 fully saturated rings. The smallest absolute Gasteiger partial charge is 0.116 e. The molecule has 0 unspecified atom stereocenters. The van der Waals surface area contributed by atoms with Crippen molar-refractivity contribution in [1.82, 2.24) is 25.5 Å². The fraction of sp³-hybridized carbons (Fsp3) is 0.231. The Morgan fingerprint density at radius 1 is 1.16 bits per heavy atom. The van der Waals surface area contributed by atoms with Gasteiger partial charge in [-0.15, -0.1) is 0 Å². The number of rotatable bonds is 4. The first kappa shape index (κ1) is 19.5. The first-order valence-corrected chi connectivity index (χ1v) is 10.9. The Labute approximate surface area is 181 Å². The van der Waals surface area contributed by atoms with Gasteiger partial charge >= 0.3 is 0 Å². The zero-order chi connectivity index (χ0) is 21.2. The molecule has 0 aliphatic carbocycles. The van der Waals surface area contributed by atoms with Crippen LogP contribution in [0.3, 0.4) is 0 Å². The van der Waals surface area contributed by atoms with Crippen molar-refractivity contribution in [2.24, 2.45) is 5.92 Å². The van der Waals surface area contributed by atoms with Gasteiger partial charge in [-0.2, -0.15) is 5.10 Å². The summed E-state index contributed by atoms with van der Waals surface area (Å²) in [4.78, 5) is 7.85. The van der Waals surface area contributed by atoms with Gasteiger partial charge in [-0.1, -0.05) is 30.9 Å². The number of aromatic amines is 2. The van der Waals surface area contributed by atoms with Crippen LogP contribution in [0.5, 0.6) is 0 Å². The van der Waals surface area contributed by atoms with Gasteiger partial charge in [0.15, 0.2) is 0 Å². The Morgan fingerprint density at radius 2 is 2.03 bits per heavy atom. The third-order valence-electron chi connectivity index (χ3n) is 6.23. The molecule has 1 aliphatic heterocycles. The number of benzene rings is 1. The minimum absolute atomic E-state index is 0.577. The third kappa shape index (κ3) is 3.73. The first-order valence-electron chi connectivity index (χ1n) is 10.9. The quantitative estimate of drug-likeness (QED) is 0.481. The van der Waals surface area contributed by atoms with E-state index in [1.54, 1.807) is 6.20 Å². The minimum atomic E-state index is 0.577. The van der Waals surface area contributed by atoms with E-state index in [0.717, 1.165) is 69.9 Å². The molecule has 0 radical (unpaired) electrons. The number of aromatic nitrogens is 4. The number of pyridine rings is 1. The fourth-order valence-corrected chi connectivity index (χ4v) is 4.56. The number of nitrogens with one attached hydrogen (secondary N) is 3. The van der Waals surface area contributed by atoms with Crippen molar-refractivity contribution in [2.75, 3.05) is 13.1 Å².